The molecule has 4 rings (SSSR count). The van der Waals surface area contributed by atoms with E-state index in [2.05, 4.69) is 22.5 Å². The number of hydrogen-bond acceptors (Lipinski definition) is 5. The first-order chi connectivity index (χ1) is 17.0. The fourth-order valence-electron chi connectivity index (χ4n) is 3.69. The summed E-state index contributed by atoms with van der Waals surface area (Å²) < 4.78 is 23.5. The Balaban J connectivity index is 1.63. The second-order valence-corrected chi connectivity index (χ2v) is 8.76. The summed E-state index contributed by atoms with van der Waals surface area (Å²) >= 11 is 3.45. The van der Waals surface area contributed by atoms with Gasteiger partial charge in [-0.3, -0.25) is 0 Å². The zero-order valence-corrected chi connectivity index (χ0v) is 21.1. The lowest BCUT2D eigenvalue weighted by molar-refractivity contribution is -0.130. The van der Waals surface area contributed by atoms with Crippen LogP contribution in [0.3, 0.4) is 0 Å². The zero-order valence-electron chi connectivity index (χ0n) is 19.5. The Morgan fingerprint density at radius 3 is 2.40 bits per heavy atom. The van der Waals surface area contributed by atoms with Crippen LogP contribution in [0.15, 0.2) is 89.4 Å². The minimum Gasteiger partial charge on any atom is -0.497 e. The molecule has 0 unspecified atom stereocenters. The maximum Gasteiger partial charge on any atom is 0.343 e. The predicted octanol–water partition coefficient (Wildman–Crippen LogP) is 6.76. The third kappa shape index (κ3) is 5.84. The number of halogens is 1. The molecule has 1 aliphatic rings. The first kappa shape index (κ1) is 24.4. The molecular weight excluding hydrogens is 508 g/mol. The van der Waals surface area contributed by atoms with Crippen molar-refractivity contribution in [1.82, 2.24) is 0 Å². The largest absolute Gasteiger partial charge is 0.497 e. The van der Waals surface area contributed by atoms with Gasteiger partial charge in [0.25, 0.3) is 0 Å². The maximum absolute atomic E-state index is 12.6. The number of hydrogen-bond donors (Lipinski definition) is 0. The highest BCUT2D eigenvalue weighted by Crippen LogP contribution is 2.36. The molecule has 0 saturated carbocycles. The van der Waals surface area contributed by atoms with Gasteiger partial charge < -0.3 is 18.9 Å². The number of methoxy groups -OCH3 is 2. The van der Waals surface area contributed by atoms with E-state index in [1.54, 1.807) is 26.4 Å². The van der Waals surface area contributed by atoms with Crippen LogP contribution < -0.4 is 14.2 Å². The Labute approximate surface area is 213 Å². The molecule has 0 fully saturated rings. The SMILES string of the molecule is C=CCc1cc(/C=C2\C=C(c3ccc(OC)cc3)OC2=O)cc(OC)c1OCc1ccc(Br)cc1. The summed E-state index contributed by atoms with van der Waals surface area (Å²) in [6, 6.07) is 19.1. The Morgan fingerprint density at radius 2 is 1.74 bits per heavy atom. The maximum atomic E-state index is 12.6. The van der Waals surface area contributed by atoms with Crippen LogP contribution in [0.1, 0.15) is 22.3 Å². The van der Waals surface area contributed by atoms with Crippen LogP contribution in [0.5, 0.6) is 17.2 Å². The molecule has 5 nitrogen and oxygen atoms in total. The fraction of sp³-hybridized carbons (Fsp3) is 0.138. The molecule has 35 heavy (non-hydrogen) atoms. The Morgan fingerprint density at radius 1 is 1.00 bits per heavy atom. The van der Waals surface area contributed by atoms with E-state index in [0.29, 0.717) is 35.9 Å². The quantitative estimate of drug-likeness (QED) is 0.173. The van der Waals surface area contributed by atoms with E-state index in [4.69, 9.17) is 18.9 Å². The standard InChI is InChI=1S/C29H25BrO5/c1-4-5-22-14-20(16-27(33-3)28(22)34-18-19-6-10-24(30)11-7-19)15-23-17-26(35-29(23)31)21-8-12-25(32-2)13-9-21/h4,6-17H,1,5,18H2,2-3H3/b23-15+. The lowest BCUT2D eigenvalue weighted by Gasteiger charge is -2.16. The number of benzene rings is 3. The second-order valence-electron chi connectivity index (χ2n) is 7.85. The van der Waals surface area contributed by atoms with Gasteiger partial charge in [0.2, 0.25) is 0 Å². The number of rotatable bonds is 9. The van der Waals surface area contributed by atoms with Gasteiger partial charge in [0.15, 0.2) is 11.5 Å². The van der Waals surface area contributed by atoms with Gasteiger partial charge in [-0.05, 0) is 78.2 Å². The summed E-state index contributed by atoms with van der Waals surface area (Å²) in [5.41, 5.74) is 3.99. The van der Waals surface area contributed by atoms with Gasteiger partial charge in [0.05, 0.1) is 19.8 Å². The van der Waals surface area contributed by atoms with Crippen LogP contribution in [0.2, 0.25) is 0 Å². The molecule has 6 heteroatoms. The second kappa shape index (κ2) is 11.1. The molecule has 0 radical (unpaired) electrons. The van der Waals surface area contributed by atoms with Crippen molar-refractivity contribution in [3.05, 3.63) is 112 Å². The fourth-order valence-corrected chi connectivity index (χ4v) is 3.96. The van der Waals surface area contributed by atoms with Gasteiger partial charge in [-0.1, -0.05) is 34.1 Å². The van der Waals surface area contributed by atoms with Gasteiger partial charge in [0, 0.05) is 15.6 Å². The minimum atomic E-state index is -0.407. The van der Waals surface area contributed by atoms with E-state index in [1.807, 2.05) is 66.7 Å². The first-order valence-electron chi connectivity index (χ1n) is 11.0. The van der Waals surface area contributed by atoms with Gasteiger partial charge in [-0.15, -0.1) is 6.58 Å². The number of carbonyl (C=O) groups excluding carboxylic acids is 1. The summed E-state index contributed by atoms with van der Waals surface area (Å²) in [6.45, 7) is 4.27. The monoisotopic (exact) mass is 532 g/mol. The van der Waals surface area contributed by atoms with E-state index in [-0.39, 0.29) is 0 Å². The highest BCUT2D eigenvalue weighted by atomic mass is 79.9. The summed E-state index contributed by atoms with van der Waals surface area (Å²) in [5.74, 6) is 2.06. The molecule has 3 aromatic rings. The van der Waals surface area contributed by atoms with Gasteiger partial charge in [-0.25, -0.2) is 4.79 Å². The number of esters is 1. The van der Waals surface area contributed by atoms with Gasteiger partial charge in [-0.2, -0.15) is 0 Å². The molecule has 0 amide bonds. The molecule has 1 heterocycles. The van der Waals surface area contributed by atoms with E-state index in [1.165, 1.54) is 0 Å². The zero-order chi connectivity index (χ0) is 24.8. The Hall–Kier alpha value is -3.77. The number of ether oxygens (including phenoxy) is 4. The van der Waals surface area contributed by atoms with Crippen LogP contribution in [-0.4, -0.2) is 20.2 Å². The number of carbonyl (C=O) groups is 1. The Kier molecular flexibility index (Phi) is 7.73. The normalized spacial score (nSPS) is 13.9. The van der Waals surface area contributed by atoms with Crippen molar-refractivity contribution in [3.8, 4) is 17.2 Å². The molecule has 178 valence electrons. The van der Waals surface area contributed by atoms with Crippen molar-refractivity contribution in [2.75, 3.05) is 14.2 Å². The lowest BCUT2D eigenvalue weighted by Crippen LogP contribution is -2.02. The van der Waals surface area contributed by atoms with Crippen LogP contribution in [0.25, 0.3) is 11.8 Å². The first-order valence-corrected chi connectivity index (χ1v) is 11.8. The molecule has 0 aliphatic carbocycles. The molecule has 0 aromatic heterocycles. The smallest absolute Gasteiger partial charge is 0.343 e. The summed E-state index contributed by atoms with van der Waals surface area (Å²) in [5, 5.41) is 0. The number of cyclic esters (lactones) is 1. The van der Waals surface area contributed by atoms with Crippen molar-refractivity contribution < 1.29 is 23.7 Å². The molecule has 1 aliphatic heterocycles. The molecular formula is C29H25BrO5. The average Bonchev–Trinajstić information content (AvgIpc) is 3.24. The van der Waals surface area contributed by atoms with Crippen molar-refractivity contribution in [1.29, 1.82) is 0 Å². The molecule has 0 saturated heterocycles. The van der Waals surface area contributed by atoms with Crippen LogP contribution in [0, 0.1) is 0 Å². The summed E-state index contributed by atoms with van der Waals surface area (Å²) in [4.78, 5) is 12.6. The van der Waals surface area contributed by atoms with E-state index in [0.717, 1.165) is 32.5 Å². The highest BCUT2D eigenvalue weighted by molar-refractivity contribution is 9.10. The van der Waals surface area contributed by atoms with E-state index < -0.39 is 5.97 Å². The summed E-state index contributed by atoms with van der Waals surface area (Å²) in [7, 11) is 3.21. The van der Waals surface area contributed by atoms with Crippen molar-refractivity contribution >= 4 is 33.7 Å². The third-order valence-electron chi connectivity index (χ3n) is 5.46. The lowest BCUT2D eigenvalue weighted by atomic mass is 10.0. The third-order valence-corrected chi connectivity index (χ3v) is 5.99. The van der Waals surface area contributed by atoms with Crippen molar-refractivity contribution in [2.24, 2.45) is 0 Å². The van der Waals surface area contributed by atoms with E-state index in [9.17, 15) is 4.79 Å². The van der Waals surface area contributed by atoms with Gasteiger partial charge in [0.1, 0.15) is 18.1 Å². The molecule has 0 N–H and O–H groups in total. The van der Waals surface area contributed by atoms with Crippen LogP contribution in [0.4, 0.5) is 0 Å². The van der Waals surface area contributed by atoms with Crippen LogP contribution >= 0.6 is 15.9 Å². The molecule has 3 aromatic carbocycles. The minimum absolute atomic E-state index is 0.397. The molecule has 0 atom stereocenters. The van der Waals surface area contributed by atoms with E-state index >= 15 is 0 Å². The molecule has 0 spiro atoms. The van der Waals surface area contributed by atoms with Crippen LogP contribution in [-0.2, 0) is 22.6 Å². The number of allylic oxidation sites excluding steroid dienone is 1. The predicted molar refractivity (Wildman–Crippen MR) is 140 cm³/mol. The molecule has 0 bridgehead atoms. The summed E-state index contributed by atoms with van der Waals surface area (Å²) in [6.07, 6.45) is 5.92. The van der Waals surface area contributed by atoms with Gasteiger partial charge >= 0.3 is 5.97 Å². The highest BCUT2D eigenvalue weighted by Gasteiger charge is 2.22. The Bertz CT molecular complexity index is 1290. The van der Waals surface area contributed by atoms with Crippen molar-refractivity contribution in [3.63, 3.8) is 0 Å². The average molecular weight is 533 g/mol. The van der Waals surface area contributed by atoms with Crippen molar-refractivity contribution in [2.45, 2.75) is 13.0 Å². The topological polar surface area (TPSA) is 54.0 Å².